The molecule has 1 aliphatic rings. The highest BCUT2D eigenvalue weighted by molar-refractivity contribution is 5.78. The van der Waals surface area contributed by atoms with Crippen LogP contribution in [-0.4, -0.2) is 25.0 Å². The Hall–Kier alpha value is -0.830. The van der Waals surface area contributed by atoms with Gasteiger partial charge in [-0.3, -0.25) is 4.79 Å². The number of carbonyl (C=O) groups excluding carboxylic acids is 1. The van der Waals surface area contributed by atoms with Gasteiger partial charge in [0.25, 0.3) is 0 Å². The zero-order chi connectivity index (χ0) is 11.8. The molecule has 0 aromatic carbocycles. The van der Waals surface area contributed by atoms with E-state index in [0.717, 1.165) is 6.42 Å². The number of carbonyl (C=O) groups is 1. The van der Waals surface area contributed by atoms with Crippen LogP contribution in [0.4, 0.5) is 0 Å². The Balaban J connectivity index is 2.27. The molecule has 1 saturated carbocycles. The third kappa shape index (κ3) is 4.79. The zero-order valence-corrected chi connectivity index (χ0v) is 10.3. The van der Waals surface area contributed by atoms with Gasteiger partial charge < -0.3 is 10.6 Å². The standard InChI is InChI=1S/C13H24N2O/c1-3-9-14-10-13(16)15-12-8-6-4-5-7-11(12)2/h3,11-12,14H,1,4-10H2,2H3,(H,15,16). The van der Waals surface area contributed by atoms with Gasteiger partial charge in [-0.2, -0.15) is 0 Å². The van der Waals surface area contributed by atoms with Crippen LogP contribution in [0.25, 0.3) is 0 Å². The Morgan fingerprint density at radius 2 is 2.12 bits per heavy atom. The maximum atomic E-state index is 11.6. The number of amides is 1. The molecule has 0 aromatic rings. The molecule has 3 heteroatoms. The molecule has 0 aliphatic heterocycles. The second-order valence-corrected chi connectivity index (χ2v) is 4.71. The van der Waals surface area contributed by atoms with Gasteiger partial charge in [0.2, 0.25) is 5.91 Å². The molecule has 1 aliphatic carbocycles. The number of nitrogens with one attached hydrogen (secondary N) is 2. The summed E-state index contributed by atoms with van der Waals surface area (Å²) in [6.45, 7) is 6.93. The summed E-state index contributed by atoms with van der Waals surface area (Å²) < 4.78 is 0. The highest BCUT2D eigenvalue weighted by Crippen LogP contribution is 2.22. The molecule has 0 bridgehead atoms. The molecule has 3 nitrogen and oxygen atoms in total. The molecule has 1 amide bonds. The van der Waals surface area contributed by atoms with E-state index in [0.29, 0.717) is 25.0 Å². The van der Waals surface area contributed by atoms with Crippen molar-refractivity contribution in [3.8, 4) is 0 Å². The predicted molar refractivity (Wildman–Crippen MR) is 67.2 cm³/mol. The van der Waals surface area contributed by atoms with Crippen molar-refractivity contribution < 1.29 is 4.79 Å². The fraction of sp³-hybridized carbons (Fsp3) is 0.769. The van der Waals surface area contributed by atoms with Crippen molar-refractivity contribution in [2.45, 2.75) is 45.1 Å². The van der Waals surface area contributed by atoms with E-state index in [4.69, 9.17) is 0 Å². The quantitative estimate of drug-likeness (QED) is 0.425. The van der Waals surface area contributed by atoms with Gasteiger partial charge in [-0.05, 0) is 18.8 Å². The summed E-state index contributed by atoms with van der Waals surface area (Å²) in [6.07, 6.45) is 8.00. The van der Waals surface area contributed by atoms with Crippen LogP contribution >= 0.6 is 0 Å². The monoisotopic (exact) mass is 224 g/mol. The van der Waals surface area contributed by atoms with Gasteiger partial charge in [-0.1, -0.05) is 32.3 Å². The summed E-state index contributed by atoms with van der Waals surface area (Å²) in [6, 6.07) is 0.375. The maximum absolute atomic E-state index is 11.6. The molecule has 0 heterocycles. The van der Waals surface area contributed by atoms with Crippen LogP contribution in [0.2, 0.25) is 0 Å². The van der Waals surface area contributed by atoms with E-state index in [1.807, 2.05) is 0 Å². The van der Waals surface area contributed by atoms with Crippen LogP contribution in [0, 0.1) is 5.92 Å². The Bertz CT molecular complexity index is 228. The van der Waals surface area contributed by atoms with Crippen molar-refractivity contribution in [3.05, 3.63) is 12.7 Å². The fourth-order valence-corrected chi connectivity index (χ4v) is 2.25. The smallest absolute Gasteiger partial charge is 0.234 e. The predicted octanol–water partition coefficient (Wildman–Crippen LogP) is 1.85. The maximum Gasteiger partial charge on any atom is 0.234 e. The zero-order valence-electron chi connectivity index (χ0n) is 10.3. The van der Waals surface area contributed by atoms with E-state index < -0.39 is 0 Å². The normalized spacial score (nSPS) is 25.8. The highest BCUT2D eigenvalue weighted by Gasteiger charge is 2.20. The Kier molecular flexibility index (Phi) is 6.16. The van der Waals surface area contributed by atoms with E-state index >= 15 is 0 Å². The minimum atomic E-state index is 0.112. The number of hydrogen-bond acceptors (Lipinski definition) is 2. The second-order valence-electron chi connectivity index (χ2n) is 4.71. The van der Waals surface area contributed by atoms with Gasteiger partial charge in [0.05, 0.1) is 6.54 Å². The Morgan fingerprint density at radius 3 is 2.88 bits per heavy atom. The third-order valence-electron chi connectivity index (χ3n) is 3.28. The molecule has 1 fully saturated rings. The van der Waals surface area contributed by atoms with Gasteiger partial charge in [-0.25, -0.2) is 0 Å². The van der Waals surface area contributed by atoms with Gasteiger partial charge in [0.1, 0.15) is 0 Å². The molecule has 2 atom stereocenters. The van der Waals surface area contributed by atoms with Gasteiger partial charge in [0, 0.05) is 12.6 Å². The van der Waals surface area contributed by atoms with Gasteiger partial charge in [0.15, 0.2) is 0 Å². The molecule has 0 radical (unpaired) electrons. The summed E-state index contributed by atoms with van der Waals surface area (Å²) in [7, 11) is 0. The molecule has 0 aromatic heterocycles. The Labute approximate surface area is 98.7 Å². The number of rotatable bonds is 5. The van der Waals surface area contributed by atoms with Crippen molar-refractivity contribution >= 4 is 5.91 Å². The summed E-state index contributed by atoms with van der Waals surface area (Å²) >= 11 is 0. The van der Waals surface area contributed by atoms with E-state index in [9.17, 15) is 4.79 Å². The van der Waals surface area contributed by atoms with Crippen LogP contribution in [0.15, 0.2) is 12.7 Å². The van der Waals surface area contributed by atoms with Gasteiger partial charge >= 0.3 is 0 Å². The first-order chi connectivity index (χ1) is 7.74. The van der Waals surface area contributed by atoms with Crippen molar-refractivity contribution in [1.82, 2.24) is 10.6 Å². The van der Waals surface area contributed by atoms with Crippen LogP contribution in [0.5, 0.6) is 0 Å². The van der Waals surface area contributed by atoms with Crippen molar-refractivity contribution in [2.75, 3.05) is 13.1 Å². The lowest BCUT2D eigenvalue weighted by Crippen LogP contribution is -2.43. The van der Waals surface area contributed by atoms with Crippen LogP contribution in [-0.2, 0) is 4.79 Å². The van der Waals surface area contributed by atoms with Crippen molar-refractivity contribution in [3.63, 3.8) is 0 Å². The minimum Gasteiger partial charge on any atom is -0.352 e. The molecular formula is C13H24N2O. The summed E-state index contributed by atoms with van der Waals surface area (Å²) in [5.74, 6) is 0.728. The average Bonchev–Trinajstić information content (AvgIpc) is 2.45. The van der Waals surface area contributed by atoms with Crippen molar-refractivity contribution in [2.24, 2.45) is 5.92 Å². The fourth-order valence-electron chi connectivity index (χ4n) is 2.25. The van der Waals surface area contributed by atoms with Crippen molar-refractivity contribution in [1.29, 1.82) is 0 Å². The molecule has 0 saturated heterocycles. The first-order valence-corrected chi connectivity index (χ1v) is 6.35. The Morgan fingerprint density at radius 1 is 1.38 bits per heavy atom. The lowest BCUT2D eigenvalue weighted by Gasteiger charge is -2.22. The molecular weight excluding hydrogens is 200 g/mol. The topological polar surface area (TPSA) is 41.1 Å². The summed E-state index contributed by atoms with van der Waals surface area (Å²) in [5.41, 5.74) is 0. The largest absolute Gasteiger partial charge is 0.352 e. The summed E-state index contributed by atoms with van der Waals surface area (Å²) in [5, 5.41) is 6.16. The number of hydrogen-bond donors (Lipinski definition) is 2. The molecule has 0 spiro atoms. The minimum absolute atomic E-state index is 0.112. The van der Waals surface area contributed by atoms with Crippen LogP contribution in [0.3, 0.4) is 0 Å². The van der Waals surface area contributed by atoms with E-state index in [2.05, 4.69) is 24.1 Å². The first kappa shape index (κ1) is 13.2. The molecule has 2 N–H and O–H groups in total. The molecule has 2 unspecified atom stereocenters. The second kappa shape index (κ2) is 7.44. The molecule has 92 valence electrons. The molecule has 16 heavy (non-hydrogen) atoms. The average molecular weight is 224 g/mol. The third-order valence-corrected chi connectivity index (χ3v) is 3.28. The lowest BCUT2D eigenvalue weighted by atomic mass is 9.97. The summed E-state index contributed by atoms with van der Waals surface area (Å²) in [4.78, 5) is 11.6. The van der Waals surface area contributed by atoms with Gasteiger partial charge in [-0.15, -0.1) is 6.58 Å². The first-order valence-electron chi connectivity index (χ1n) is 6.35. The van der Waals surface area contributed by atoms with E-state index in [1.165, 1.54) is 25.7 Å². The lowest BCUT2D eigenvalue weighted by molar-refractivity contribution is -0.121. The van der Waals surface area contributed by atoms with E-state index in [-0.39, 0.29) is 5.91 Å². The highest BCUT2D eigenvalue weighted by atomic mass is 16.1. The molecule has 1 rings (SSSR count). The van der Waals surface area contributed by atoms with Crippen LogP contribution < -0.4 is 10.6 Å². The SMILES string of the molecule is C=CCNCC(=O)NC1CCCCCC1C. The van der Waals surface area contributed by atoms with E-state index in [1.54, 1.807) is 6.08 Å². The van der Waals surface area contributed by atoms with Crippen LogP contribution in [0.1, 0.15) is 39.0 Å².